The number of para-hydroxylation sites is 1. The van der Waals surface area contributed by atoms with Crippen molar-refractivity contribution in [3.63, 3.8) is 0 Å². The van der Waals surface area contributed by atoms with Crippen LogP contribution in [0.15, 0.2) is 48.7 Å². The third-order valence-electron chi connectivity index (χ3n) is 2.63. The minimum atomic E-state index is -0.538. The van der Waals surface area contributed by atoms with Gasteiger partial charge in [0.05, 0.1) is 5.88 Å². The Morgan fingerprint density at radius 1 is 1.23 bits per heavy atom. The largest absolute Gasteiger partial charge is 0.481 e. The van der Waals surface area contributed by atoms with Gasteiger partial charge in [0.2, 0.25) is 0 Å². The number of alkyl halides is 1. The average molecular weight is 361 g/mol. The second-order valence-corrected chi connectivity index (χ2v) is 5.22. The lowest BCUT2D eigenvalue weighted by Crippen LogP contribution is -2.22. The number of carbonyl (C=O) groups is 1. The van der Waals surface area contributed by atoms with E-state index in [1.165, 1.54) is 0 Å². The standard InChI is InChI=1S/C10H11ClO2.C6H5Cl2N/c1-2-9(10(11)12)13-8-6-4-3-5-7-8;7-4-5-2-1-3-9-6(5)8/h3-7,9H,2H2,1H3;1-3H,4H2. The van der Waals surface area contributed by atoms with Crippen LogP contribution in [-0.2, 0) is 10.7 Å². The molecule has 0 aliphatic rings. The second-order valence-electron chi connectivity index (χ2n) is 4.22. The van der Waals surface area contributed by atoms with Gasteiger partial charge in [0.25, 0.3) is 5.24 Å². The highest BCUT2D eigenvalue weighted by molar-refractivity contribution is 6.64. The molecule has 22 heavy (non-hydrogen) atoms. The second kappa shape index (κ2) is 10.4. The van der Waals surface area contributed by atoms with E-state index in [1.54, 1.807) is 18.3 Å². The van der Waals surface area contributed by atoms with Crippen molar-refractivity contribution in [2.45, 2.75) is 25.3 Å². The summed E-state index contributed by atoms with van der Waals surface area (Å²) in [6.07, 6.45) is 1.68. The van der Waals surface area contributed by atoms with E-state index < -0.39 is 11.3 Å². The van der Waals surface area contributed by atoms with Crippen molar-refractivity contribution < 1.29 is 9.53 Å². The summed E-state index contributed by atoms with van der Waals surface area (Å²) in [5.41, 5.74) is 0.876. The van der Waals surface area contributed by atoms with Crippen LogP contribution in [0.5, 0.6) is 5.75 Å². The van der Waals surface area contributed by atoms with Gasteiger partial charge >= 0.3 is 0 Å². The summed E-state index contributed by atoms with van der Waals surface area (Å²) in [6.45, 7) is 1.86. The molecule has 6 heteroatoms. The lowest BCUT2D eigenvalue weighted by molar-refractivity contribution is -0.117. The lowest BCUT2D eigenvalue weighted by atomic mass is 10.3. The van der Waals surface area contributed by atoms with Crippen molar-refractivity contribution in [3.8, 4) is 5.75 Å². The van der Waals surface area contributed by atoms with Gasteiger partial charge in [-0.3, -0.25) is 4.79 Å². The Morgan fingerprint density at radius 3 is 2.36 bits per heavy atom. The summed E-state index contributed by atoms with van der Waals surface area (Å²) < 4.78 is 5.34. The molecule has 1 heterocycles. The molecular weight excluding hydrogens is 345 g/mol. The number of ether oxygens (including phenoxy) is 1. The van der Waals surface area contributed by atoms with Crippen LogP contribution >= 0.6 is 34.8 Å². The fourth-order valence-electron chi connectivity index (χ4n) is 1.47. The van der Waals surface area contributed by atoms with E-state index in [0.29, 0.717) is 23.2 Å². The smallest absolute Gasteiger partial charge is 0.262 e. The van der Waals surface area contributed by atoms with Gasteiger partial charge in [0.1, 0.15) is 10.9 Å². The van der Waals surface area contributed by atoms with E-state index in [9.17, 15) is 4.79 Å². The SMILES string of the molecule is CCC(Oc1ccccc1)C(=O)Cl.ClCc1cccnc1Cl. The topological polar surface area (TPSA) is 39.2 Å². The fourth-order valence-corrected chi connectivity index (χ4v) is 2.14. The van der Waals surface area contributed by atoms with E-state index in [-0.39, 0.29) is 0 Å². The quantitative estimate of drug-likeness (QED) is 0.424. The van der Waals surface area contributed by atoms with Crippen molar-refractivity contribution in [3.05, 3.63) is 59.4 Å². The fraction of sp³-hybridized carbons (Fsp3) is 0.250. The monoisotopic (exact) mass is 359 g/mol. The molecule has 118 valence electrons. The van der Waals surface area contributed by atoms with E-state index >= 15 is 0 Å². The molecule has 0 N–H and O–H groups in total. The van der Waals surface area contributed by atoms with Gasteiger partial charge in [-0.1, -0.05) is 42.8 Å². The molecule has 0 saturated carbocycles. The number of carbonyl (C=O) groups excluding carboxylic acids is 1. The Bertz CT molecular complexity index is 579. The van der Waals surface area contributed by atoms with Crippen LogP contribution in [0.1, 0.15) is 18.9 Å². The zero-order chi connectivity index (χ0) is 16.4. The summed E-state index contributed by atoms with van der Waals surface area (Å²) in [5.74, 6) is 1.09. The number of hydrogen-bond donors (Lipinski definition) is 0. The number of nitrogens with zero attached hydrogens (tertiary/aromatic N) is 1. The minimum Gasteiger partial charge on any atom is -0.481 e. The number of aromatic nitrogens is 1. The van der Waals surface area contributed by atoms with E-state index in [4.69, 9.17) is 39.5 Å². The molecule has 3 nitrogen and oxygen atoms in total. The third-order valence-corrected chi connectivity index (χ3v) is 3.50. The number of halogens is 3. The average Bonchev–Trinajstić information content (AvgIpc) is 2.54. The van der Waals surface area contributed by atoms with Gasteiger partial charge in [0.15, 0.2) is 6.10 Å². The molecule has 0 amide bonds. The van der Waals surface area contributed by atoms with Crippen molar-refractivity contribution >= 4 is 40.0 Å². The molecule has 0 radical (unpaired) electrons. The van der Waals surface area contributed by atoms with Crippen molar-refractivity contribution in [1.29, 1.82) is 0 Å². The van der Waals surface area contributed by atoms with E-state index in [0.717, 1.165) is 5.56 Å². The van der Waals surface area contributed by atoms with Gasteiger partial charge in [-0.05, 0) is 36.2 Å². The maximum atomic E-state index is 10.8. The number of rotatable bonds is 5. The van der Waals surface area contributed by atoms with Crippen LogP contribution in [0.4, 0.5) is 0 Å². The molecule has 1 atom stereocenters. The highest BCUT2D eigenvalue weighted by Gasteiger charge is 2.14. The van der Waals surface area contributed by atoms with Crippen LogP contribution in [0.3, 0.4) is 0 Å². The Kier molecular flexibility index (Phi) is 8.90. The van der Waals surface area contributed by atoms with Crippen molar-refractivity contribution in [1.82, 2.24) is 4.98 Å². The molecule has 0 aliphatic heterocycles. The molecule has 0 bridgehead atoms. The van der Waals surface area contributed by atoms with Crippen LogP contribution in [-0.4, -0.2) is 16.3 Å². The van der Waals surface area contributed by atoms with Gasteiger partial charge in [-0.2, -0.15) is 0 Å². The van der Waals surface area contributed by atoms with Crippen LogP contribution in [0, 0.1) is 0 Å². The van der Waals surface area contributed by atoms with E-state index in [1.807, 2.05) is 37.3 Å². The highest BCUT2D eigenvalue weighted by atomic mass is 35.5. The lowest BCUT2D eigenvalue weighted by Gasteiger charge is -2.12. The first-order valence-electron chi connectivity index (χ1n) is 6.64. The normalized spacial score (nSPS) is 11.1. The van der Waals surface area contributed by atoms with Crippen LogP contribution in [0.25, 0.3) is 0 Å². The van der Waals surface area contributed by atoms with Crippen molar-refractivity contribution in [2.24, 2.45) is 0 Å². The molecular formula is C16H16Cl3NO2. The molecule has 0 saturated heterocycles. The Labute approximate surface area is 145 Å². The maximum Gasteiger partial charge on any atom is 0.262 e. The molecule has 2 aromatic rings. The number of benzene rings is 1. The van der Waals surface area contributed by atoms with Crippen LogP contribution < -0.4 is 4.74 Å². The minimum absolute atomic E-state index is 0.423. The molecule has 0 aliphatic carbocycles. The zero-order valence-corrected chi connectivity index (χ0v) is 14.3. The highest BCUT2D eigenvalue weighted by Crippen LogP contribution is 2.14. The molecule has 1 aromatic carbocycles. The number of pyridine rings is 1. The van der Waals surface area contributed by atoms with Gasteiger partial charge in [0, 0.05) is 11.8 Å². The summed E-state index contributed by atoms with van der Waals surface area (Å²) in [5, 5.41) is 0.0406. The summed E-state index contributed by atoms with van der Waals surface area (Å²) in [4.78, 5) is 14.7. The summed E-state index contributed by atoms with van der Waals surface area (Å²) in [6, 6.07) is 12.8. The first-order valence-corrected chi connectivity index (χ1v) is 7.94. The van der Waals surface area contributed by atoms with Crippen LogP contribution in [0.2, 0.25) is 5.15 Å². The summed E-state index contributed by atoms with van der Waals surface area (Å²) >= 11 is 16.5. The predicted octanol–water partition coefficient (Wildman–Crippen LogP) is 5.08. The molecule has 1 unspecified atom stereocenters. The molecule has 0 fully saturated rings. The third kappa shape index (κ3) is 6.65. The molecule has 1 aromatic heterocycles. The number of hydrogen-bond acceptors (Lipinski definition) is 3. The van der Waals surface area contributed by atoms with Gasteiger partial charge in [-0.25, -0.2) is 4.98 Å². The summed E-state index contributed by atoms with van der Waals surface area (Å²) in [7, 11) is 0. The molecule has 0 spiro atoms. The van der Waals surface area contributed by atoms with E-state index in [2.05, 4.69) is 4.98 Å². The Hall–Kier alpha value is -1.29. The molecule has 2 rings (SSSR count). The Balaban J connectivity index is 0.000000235. The predicted molar refractivity (Wildman–Crippen MR) is 90.8 cm³/mol. The van der Waals surface area contributed by atoms with Crippen molar-refractivity contribution in [2.75, 3.05) is 0 Å². The van der Waals surface area contributed by atoms with Gasteiger partial charge in [-0.15, -0.1) is 11.6 Å². The first-order chi connectivity index (χ1) is 10.6. The Morgan fingerprint density at radius 2 is 1.91 bits per heavy atom. The first kappa shape index (κ1) is 18.8. The zero-order valence-electron chi connectivity index (χ0n) is 12.0. The maximum absolute atomic E-state index is 10.8. The van der Waals surface area contributed by atoms with Gasteiger partial charge < -0.3 is 4.74 Å².